The van der Waals surface area contributed by atoms with Gasteiger partial charge < -0.3 is 10.4 Å². The zero-order valence-corrected chi connectivity index (χ0v) is 13.5. The van der Waals surface area contributed by atoms with Crippen LogP contribution >= 0.6 is 0 Å². The van der Waals surface area contributed by atoms with Gasteiger partial charge in [-0.05, 0) is 35.4 Å². The van der Waals surface area contributed by atoms with E-state index in [1.807, 2.05) is 49.4 Å². The number of fused-ring (bicyclic) bond motifs is 1. The Kier molecular flexibility index (Phi) is 4.35. The summed E-state index contributed by atoms with van der Waals surface area (Å²) >= 11 is 0. The van der Waals surface area contributed by atoms with Crippen LogP contribution in [0.2, 0.25) is 0 Å². The van der Waals surface area contributed by atoms with Crippen molar-refractivity contribution in [2.45, 2.75) is 13.0 Å². The summed E-state index contributed by atoms with van der Waals surface area (Å²) in [5.74, 6) is -0.943. The highest BCUT2D eigenvalue weighted by Gasteiger charge is 2.18. The molecular formula is C19H16N2O4. The smallest absolute Gasteiger partial charge is 0.310 e. The highest BCUT2D eigenvalue weighted by molar-refractivity contribution is 5.96. The number of nitro benzene ring substituents is 1. The molecule has 0 aliphatic carbocycles. The molecule has 0 bridgehead atoms. The first-order valence-electron chi connectivity index (χ1n) is 7.73. The summed E-state index contributed by atoms with van der Waals surface area (Å²) in [6, 6.07) is 17.0. The Labute approximate surface area is 143 Å². The minimum atomic E-state index is -0.699. The molecule has 1 atom stereocenters. The Balaban J connectivity index is 1.85. The van der Waals surface area contributed by atoms with E-state index in [9.17, 15) is 20.0 Å². The second kappa shape index (κ2) is 6.60. The third-order valence-electron chi connectivity index (χ3n) is 4.07. The van der Waals surface area contributed by atoms with Gasteiger partial charge >= 0.3 is 5.69 Å². The molecule has 1 amide bonds. The quantitative estimate of drug-likeness (QED) is 0.557. The topological polar surface area (TPSA) is 92.5 Å². The fraction of sp³-hybridized carbons (Fsp3) is 0.105. The zero-order chi connectivity index (χ0) is 18.0. The average Bonchev–Trinajstić information content (AvgIpc) is 2.60. The number of carbonyl (C=O) groups is 1. The van der Waals surface area contributed by atoms with Crippen molar-refractivity contribution < 1.29 is 14.8 Å². The molecule has 1 unspecified atom stereocenters. The van der Waals surface area contributed by atoms with E-state index in [1.165, 1.54) is 6.07 Å². The SMILES string of the molecule is CC(NC(=O)c1ccc([N+](=O)[O-])c(O)c1)c1cccc2ccccc12. The number of carbonyl (C=O) groups excluding carboxylic acids is 1. The maximum absolute atomic E-state index is 12.4. The molecule has 3 aromatic rings. The number of phenols is 1. The fourth-order valence-electron chi connectivity index (χ4n) is 2.80. The summed E-state index contributed by atoms with van der Waals surface area (Å²) in [6.07, 6.45) is 0. The van der Waals surface area contributed by atoms with Crippen molar-refractivity contribution in [2.24, 2.45) is 0 Å². The molecule has 25 heavy (non-hydrogen) atoms. The van der Waals surface area contributed by atoms with Crippen LogP contribution in [0.5, 0.6) is 5.75 Å². The number of hydrogen-bond donors (Lipinski definition) is 2. The Bertz CT molecular complexity index is 963. The molecule has 3 aromatic carbocycles. The first-order chi connectivity index (χ1) is 12.0. The summed E-state index contributed by atoms with van der Waals surface area (Å²) < 4.78 is 0. The van der Waals surface area contributed by atoms with Gasteiger partial charge in [0.15, 0.2) is 5.75 Å². The van der Waals surface area contributed by atoms with E-state index in [0.717, 1.165) is 28.5 Å². The molecule has 6 nitrogen and oxygen atoms in total. The molecule has 0 aliphatic heterocycles. The van der Waals surface area contributed by atoms with Gasteiger partial charge in [0.05, 0.1) is 11.0 Å². The van der Waals surface area contributed by atoms with Crippen LogP contribution in [-0.4, -0.2) is 15.9 Å². The maximum Gasteiger partial charge on any atom is 0.310 e. The van der Waals surface area contributed by atoms with Crippen molar-refractivity contribution in [1.29, 1.82) is 0 Å². The number of benzene rings is 3. The minimum Gasteiger partial charge on any atom is -0.502 e. The van der Waals surface area contributed by atoms with Crippen LogP contribution in [0.4, 0.5) is 5.69 Å². The number of nitro groups is 1. The van der Waals surface area contributed by atoms with E-state index in [1.54, 1.807) is 0 Å². The van der Waals surface area contributed by atoms with Crippen LogP contribution in [0.15, 0.2) is 60.7 Å². The second-order valence-corrected chi connectivity index (χ2v) is 5.72. The van der Waals surface area contributed by atoms with E-state index in [0.29, 0.717) is 0 Å². The molecule has 6 heteroatoms. The van der Waals surface area contributed by atoms with E-state index < -0.39 is 22.3 Å². The lowest BCUT2D eigenvalue weighted by atomic mass is 9.99. The summed E-state index contributed by atoms with van der Waals surface area (Å²) in [5, 5.41) is 25.4. The molecule has 0 aliphatic rings. The van der Waals surface area contributed by atoms with Crippen LogP contribution in [0.3, 0.4) is 0 Å². The van der Waals surface area contributed by atoms with E-state index >= 15 is 0 Å². The van der Waals surface area contributed by atoms with Crippen LogP contribution in [0.25, 0.3) is 10.8 Å². The molecule has 3 rings (SSSR count). The summed E-state index contributed by atoms with van der Waals surface area (Å²) in [7, 11) is 0. The predicted octanol–water partition coefficient (Wildman–Crippen LogP) is 3.94. The van der Waals surface area contributed by atoms with Gasteiger partial charge in [0.1, 0.15) is 0 Å². The van der Waals surface area contributed by atoms with Crippen molar-refractivity contribution in [2.75, 3.05) is 0 Å². The van der Waals surface area contributed by atoms with Gasteiger partial charge in [-0.2, -0.15) is 0 Å². The van der Waals surface area contributed by atoms with Crippen LogP contribution in [-0.2, 0) is 0 Å². The molecular weight excluding hydrogens is 320 g/mol. The lowest BCUT2D eigenvalue weighted by Crippen LogP contribution is -2.26. The van der Waals surface area contributed by atoms with Gasteiger partial charge in [-0.15, -0.1) is 0 Å². The van der Waals surface area contributed by atoms with E-state index in [4.69, 9.17) is 0 Å². The van der Waals surface area contributed by atoms with Gasteiger partial charge in [0.2, 0.25) is 0 Å². The van der Waals surface area contributed by atoms with Gasteiger partial charge in [-0.3, -0.25) is 14.9 Å². The van der Waals surface area contributed by atoms with Gasteiger partial charge in [-0.1, -0.05) is 42.5 Å². The largest absolute Gasteiger partial charge is 0.502 e. The lowest BCUT2D eigenvalue weighted by molar-refractivity contribution is -0.385. The van der Waals surface area contributed by atoms with Crippen LogP contribution in [0, 0.1) is 10.1 Å². The summed E-state index contributed by atoms with van der Waals surface area (Å²) in [6.45, 7) is 1.87. The Morgan fingerprint density at radius 2 is 1.84 bits per heavy atom. The first kappa shape index (κ1) is 16.4. The number of phenolic OH excluding ortho intramolecular Hbond substituents is 1. The first-order valence-corrected chi connectivity index (χ1v) is 7.73. The molecule has 2 N–H and O–H groups in total. The number of aromatic hydroxyl groups is 1. The molecule has 0 saturated carbocycles. The molecule has 0 fully saturated rings. The predicted molar refractivity (Wildman–Crippen MR) is 94.6 cm³/mol. The van der Waals surface area contributed by atoms with Crippen molar-refractivity contribution in [3.8, 4) is 5.75 Å². The van der Waals surface area contributed by atoms with Gasteiger partial charge in [0, 0.05) is 11.6 Å². The third kappa shape index (κ3) is 3.28. The van der Waals surface area contributed by atoms with Gasteiger partial charge in [0.25, 0.3) is 5.91 Å². The van der Waals surface area contributed by atoms with Crippen LogP contribution < -0.4 is 5.32 Å². The second-order valence-electron chi connectivity index (χ2n) is 5.72. The zero-order valence-electron chi connectivity index (χ0n) is 13.5. The standard InChI is InChI=1S/C19H16N2O4/c1-12(15-8-4-6-13-5-2-3-7-16(13)15)20-19(23)14-9-10-17(21(24)25)18(22)11-14/h2-12,22H,1H3,(H,20,23). The highest BCUT2D eigenvalue weighted by Crippen LogP contribution is 2.27. The fourth-order valence-corrected chi connectivity index (χ4v) is 2.80. The Morgan fingerprint density at radius 3 is 2.56 bits per heavy atom. The number of amides is 1. The average molecular weight is 336 g/mol. The Hall–Kier alpha value is -3.41. The van der Waals surface area contributed by atoms with E-state index in [2.05, 4.69) is 5.32 Å². The van der Waals surface area contributed by atoms with Crippen LogP contribution in [0.1, 0.15) is 28.9 Å². The minimum absolute atomic E-state index is 0.162. The Morgan fingerprint density at radius 1 is 1.12 bits per heavy atom. The molecule has 0 saturated heterocycles. The summed E-state index contributed by atoms with van der Waals surface area (Å²) in [5.41, 5.74) is 0.700. The molecule has 0 heterocycles. The van der Waals surface area contributed by atoms with Crippen molar-refractivity contribution >= 4 is 22.4 Å². The molecule has 0 spiro atoms. The third-order valence-corrected chi connectivity index (χ3v) is 4.07. The molecule has 126 valence electrons. The van der Waals surface area contributed by atoms with Crippen molar-refractivity contribution in [3.05, 3.63) is 81.9 Å². The molecule has 0 radical (unpaired) electrons. The van der Waals surface area contributed by atoms with Crippen molar-refractivity contribution in [1.82, 2.24) is 5.32 Å². The molecule has 0 aromatic heterocycles. The lowest BCUT2D eigenvalue weighted by Gasteiger charge is -2.17. The summed E-state index contributed by atoms with van der Waals surface area (Å²) in [4.78, 5) is 22.4. The maximum atomic E-state index is 12.4. The van der Waals surface area contributed by atoms with E-state index in [-0.39, 0.29) is 11.6 Å². The normalized spacial score (nSPS) is 11.9. The monoisotopic (exact) mass is 336 g/mol. The number of nitrogens with zero attached hydrogens (tertiary/aromatic N) is 1. The number of nitrogens with one attached hydrogen (secondary N) is 1. The highest BCUT2D eigenvalue weighted by atomic mass is 16.6. The number of hydrogen-bond acceptors (Lipinski definition) is 4. The van der Waals surface area contributed by atoms with Gasteiger partial charge in [-0.25, -0.2) is 0 Å². The number of rotatable bonds is 4. The van der Waals surface area contributed by atoms with Crippen molar-refractivity contribution in [3.63, 3.8) is 0 Å².